The Morgan fingerprint density at radius 3 is 3.05 bits per heavy atom. The first-order chi connectivity index (χ1) is 9.66. The van der Waals surface area contributed by atoms with Gasteiger partial charge < -0.3 is 15.1 Å². The Bertz CT molecular complexity index is 407. The third kappa shape index (κ3) is 4.49. The van der Waals surface area contributed by atoms with Gasteiger partial charge in [-0.05, 0) is 57.6 Å². The van der Waals surface area contributed by atoms with Crippen molar-refractivity contribution in [1.82, 2.24) is 15.5 Å². The molecule has 0 saturated carbocycles. The van der Waals surface area contributed by atoms with Gasteiger partial charge >= 0.3 is 0 Å². The van der Waals surface area contributed by atoms with E-state index < -0.39 is 0 Å². The standard InChI is InChI=1S/C15H25N3OS/c1-12-6-3-4-8-18(12)13(2)10-16-15(20)17-11-14-7-5-9-19-14/h5,7,9,12-13H,3-4,6,8,10-11H2,1-2H3,(H2,16,17,20)/t12-,13-/m0/s1. The van der Waals surface area contributed by atoms with Crippen LogP contribution in [0.5, 0.6) is 0 Å². The predicted molar refractivity (Wildman–Crippen MR) is 85.6 cm³/mol. The van der Waals surface area contributed by atoms with Crippen molar-refractivity contribution in [3.05, 3.63) is 24.2 Å². The lowest BCUT2D eigenvalue weighted by Crippen LogP contribution is -2.49. The second kappa shape index (κ2) is 7.64. The molecule has 2 heterocycles. The first-order valence-corrected chi connectivity index (χ1v) is 7.87. The van der Waals surface area contributed by atoms with Crippen molar-refractivity contribution in [2.75, 3.05) is 13.1 Å². The van der Waals surface area contributed by atoms with E-state index in [-0.39, 0.29) is 0 Å². The molecule has 112 valence electrons. The van der Waals surface area contributed by atoms with Gasteiger partial charge in [0.05, 0.1) is 12.8 Å². The summed E-state index contributed by atoms with van der Waals surface area (Å²) >= 11 is 5.29. The van der Waals surface area contributed by atoms with Gasteiger partial charge in [0.15, 0.2) is 5.11 Å². The summed E-state index contributed by atoms with van der Waals surface area (Å²) in [5, 5.41) is 7.15. The maximum Gasteiger partial charge on any atom is 0.166 e. The van der Waals surface area contributed by atoms with Gasteiger partial charge in [0.25, 0.3) is 0 Å². The highest BCUT2D eigenvalue weighted by Gasteiger charge is 2.22. The summed E-state index contributed by atoms with van der Waals surface area (Å²) < 4.78 is 5.26. The van der Waals surface area contributed by atoms with Crippen molar-refractivity contribution in [3.8, 4) is 0 Å². The minimum atomic E-state index is 0.508. The van der Waals surface area contributed by atoms with Crippen LogP contribution in [0, 0.1) is 0 Å². The van der Waals surface area contributed by atoms with Crippen molar-refractivity contribution in [2.24, 2.45) is 0 Å². The van der Waals surface area contributed by atoms with Crippen molar-refractivity contribution in [3.63, 3.8) is 0 Å². The topological polar surface area (TPSA) is 40.4 Å². The largest absolute Gasteiger partial charge is 0.467 e. The van der Waals surface area contributed by atoms with Crippen LogP contribution < -0.4 is 10.6 Å². The molecule has 0 amide bonds. The van der Waals surface area contributed by atoms with Crippen LogP contribution in [0.25, 0.3) is 0 Å². The van der Waals surface area contributed by atoms with Gasteiger partial charge in [-0.3, -0.25) is 4.90 Å². The number of nitrogens with one attached hydrogen (secondary N) is 2. The molecular weight excluding hydrogens is 270 g/mol. The molecule has 0 bridgehead atoms. The first kappa shape index (κ1) is 15.3. The average Bonchev–Trinajstić information content (AvgIpc) is 2.96. The quantitative estimate of drug-likeness (QED) is 0.817. The van der Waals surface area contributed by atoms with Gasteiger partial charge in [-0.15, -0.1) is 0 Å². The van der Waals surface area contributed by atoms with E-state index in [2.05, 4.69) is 29.4 Å². The molecule has 0 spiro atoms. The Morgan fingerprint density at radius 2 is 2.35 bits per heavy atom. The molecule has 1 aliphatic rings. The number of rotatable bonds is 5. The molecule has 5 heteroatoms. The molecule has 0 radical (unpaired) electrons. The molecule has 1 aromatic rings. The van der Waals surface area contributed by atoms with E-state index in [1.807, 2.05) is 12.1 Å². The van der Waals surface area contributed by atoms with Gasteiger partial charge in [-0.25, -0.2) is 0 Å². The van der Waals surface area contributed by atoms with Crippen LogP contribution in [0.3, 0.4) is 0 Å². The van der Waals surface area contributed by atoms with Crippen LogP contribution in [0.2, 0.25) is 0 Å². The number of hydrogen-bond donors (Lipinski definition) is 2. The van der Waals surface area contributed by atoms with Crippen LogP contribution >= 0.6 is 12.2 Å². The molecule has 0 unspecified atom stereocenters. The number of hydrogen-bond acceptors (Lipinski definition) is 3. The fourth-order valence-corrected chi connectivity index (χ4v) is 2.93. The molecule has 0 aliphatic carbocycles. The Morgan fingerprint density at radius 1 is 1.50 bits per heavy atom. The Balaban J connectivity index is 1.67. The van der Waals surface area contributed by atoms with E-state index in [1.54, 1.807) is 6.26 Å². The summed E-state index contributed by atoms with van der Waals surface area (Å²) in [6, 6.07) is 5.01. The highest BCUT2D eigenvalue weighted by molar-refractivity contribution is 7.80. The lowest BCUT2D eigenvalue weighted by atomic mass is 10.0. The summed E-state index contributed by atoms with van der Waals surface area (Å²) in [6.07, 6.45) is 5.66. The number of likely N-dealkylation sites (tertiary alicyclic amines) is 1. The Kier molecular flexibility index (Phi) is 5.86. The zero-order valence-corrected chi connectivity index (χ0v) is 13.2. The molecule has 1 fully saturated rings. The van der Waals surface area contributed by atoms with Gasteiger partial charge in [0, 0.05) is 18.6 Å². The van der Waals surface area contributed by atoms with E-state index in [0.29, 0.717) is 23.7 Å². The zero-order chi connectivity index (χ0) is 14.4. The smallest absolute Gasteiger partial charge is 0.166 e. The number of thiocarbonyl (C=S) groups is 1. The van der Waals surface area contributed by atoms with Crippen molar-refractivity contribution >= 4 is 17.3 Å². The number of nitrogens with zero attached hydrogens (tertiary/aromatic N) is 1. The molecule has 4 nitrogen and oxygen atoms in total. The number of piperidine rings is 1. The molecule has 1 aromatic heterocycles. The second-order valence-corrected chi connectivity index (χ2v) is 5.98. The van der Waals surface area contributed by atoms with E-state index in [9.17, 15) is 0 Å². The SMILES string of the molecule is C[C@H]1CCCCN1[C@@H](C)CNC(=S)NCc1ccco1. The minimum absolute atomic E-state index is 0.508. The van der Waals surface area contributed by atoms with E-state index in [1.165, 1.54) is 25.8 Å². The van der Waals surface area contributed by atoms with Crippen LogP contribution in [0.15, 0.2) is 22.8 Å². The van der Waals surface area contributed by atoms with E-state index >= 15 is 0 Å². The van der Waals surface area contributed by atoms with Gasteiger partial charge in [0.1, 0.15) is 5.76 Å². The molecule has 2 N–H and O–H groups in total. The van der Waals surface area contributed by atoms with Gasteiger partial charge in [-0.1, -0.05) is 6.42 Å². The zero-order valence-electron chi connectivity index (χ0n) is 12.4. The van der Waals surface area contributed by atoms with E-state index in [4.69, 9.17) is 16.6 Å². The fraction of sp³-hybridized carbons (Fsp3) is 0.667. The number of furan rings is 1. The average molecular weight is 295 g/mol. The highest BCUT2D eigenvalue weighted by Crippen LogP contribution is 2.18. The predicted octanol–water partition coefficient (Wildman–Crippen LogP) is 2.51. The molecule has 2 atom stereocenters. The molecule has 0 aromatic carbocycles. The summed E-state index contributed by atoms with van der Waals surface area (Å²) in [7, 11) is 0. The summed E-state index contributed by atoms with van der Waals surface area (Å²) in [4.78, 5) is 2.58. The normalized spacial score (nSPS) is 21.4. The second-order valence-electron chi connectivity index (χ2n) is 5.57. The van der Waals surface area contributed by atoms with Crippen LogP contribution in [-0.2, 0) is 6.54 Å². The molecule has 1 aliphatic heterocycles. The van der Waals surface area contributed by atoms with Crippen molar-refractivity contribution in [1.29, 1.82) is 0 Å². The molecule has 2 rings (SSSR count). The Labute approximate surface area is 126 Å². The maximum absolute atomic E-state index is 5.29. The third-order valence-corrected chi connectivity index (χ3v) is 4.27. The van der Waals surface area contributed by atoms with Crippen LogP contribution in [0.4, 0.5) is 0 Å². The lowest BCUT2D eigenvalue weighted by molar-refractivity contribution is 0.116. The van der Waals surface area contributed by atoms with Gasteiger partial charge in [0.2, 0.25) is 0 Å². The highest BCUT2D eigenvalue weighted by atomic mass is 32.1. The summed E-state index contributed by atoms with van der Waals surface area (Å²) in [6.45, 7) is 7.31. The van der Waals surface area contributed by atoms with Crippen LogP contribution in [0.1, 0.15) is 38.9 Å². The monoisotopic (exact) mass is 295 g/mol. The summed E-state index contributed by atoms with van der Waals surface area (Å²) in [5.41, 5.74) is 0. The van der Waals surface area contributed by atoms with Crippen molar-refractivity contribution in [2.45, 2.75) is 51.7 Å². The van der Waals surface area contributed by atoms with Gasteiger partial charge in [-0.2, -0.15) is 0 Å². The minimum Gasteiger partial charge on any atom is -0.467 e. The molecular formula is C15H25N3OS. The first-order valence-electron chi connectivity index (χ1n) is 7.46. The van der Waals surface area contributed by atoms with E-state index in [0.717, 1.165) is 12.3 Å². The summed E-state index contributed by atoms with van der Waals surface area (Å²) in [5.74, 6) is 0.895. The van der Waals surface area contributed by atoms with Crippen molar-refractivity contribution < 1.29 is 4.42 Å². The molecule has 1 saturated heterocycles. The fourth-order valence-electron chi connectivity index (χ4n) is 2.78. The lowest BCUT2D eigenvalue weighted by Gasteiger charge is -2.38. The maximum atomic E-state index is 5.29. The Hall–Kier alpha value is -1.07. The third-order valence-electron chi connectivity index (χ3n) is 3.98. The molecule has 20 heavy (non-hydrogen) atoms. The van der Waals surface area contributed by atoms with Crippen LogP contribution in [-0.4, -0.2) is 35.2 Å².